The van der Waals surface area contributed by atoms with E-state index in [0.29, 0.717) is 13.1 Å². The highest BCUT2D eigenvalue weighted by Crippen LogP contribution is 2.26. The molecule has 1 aromatic carbocycles. The lowest BCUT2D eigenvalue weighted by molar-refractivity contribution is -0.129. The molecule has 0 radical (unpaired) electrons. The molecule has 0 aliphatic carbocycles. The molecule has 17 heavy (non-hydrogen) atoms. The minimum atomic E-state index is 0.215. The Balaban J connectivity index is 1.92. The zero-order valence-electron chi connectivity index (χ0n) is 9.40. The number of nitrogens with one attached hydrogen (secondary N) is 2. The standard InChI is InChI=1S/C13H14N2O2/c16-8-17-7-9-5-11-10-3-1-2-4-12(10)15-13(11)6-14-9/h1-4,8-9,14-15H,5-7H2/t9-/m0/s1. The highest BCUT2D eigenvalue weighted by Gasteiger charge is 2.21. The van der Waals surface area contributed by atoms with E-state index in [4.69, 9.17) is 4.74 Å². The molecule has 0 spiro atoms. The van der Waals surface area contributed by atoms with Gasteiger partial charge in [-0.3, -0.25) is 4.79 Å². The van der Waals surface area contributed by atoms with Crippen molar-refractivity contribution in [2.45, 2.75) is 19.0 Å². The van der Waals surface area contributed by atoms with Gasteiger partial charge in [0.2, 0.25) is 0 Å². The van der Waals surface area contributed by atoms with E-state index in [1.165, 1.54) is 22.2 Å². The molecule has 3 rings (SSSR count). The maximum atomic E-state index is 10.2. The van der Waals surface area contributed by atoms with E-state index in [1.807, 2.05) is 6.07 Å². The second kappa shape index (κ2) is 4.22. The van der Waals surface area contributed by atoms with Crippen molar-refractivity contribution in [1.29, 1.82) is 0 Å². The number of hydrogen-bond donors (Lipinski definition) is 2. The highest BCUT2D eigenvalue weighted by atomic mass is 16.5. The normalized spacial score (nSPS) is 18.9. The first-order chi connectivity index (χ1) is 8.38. The van der Waals surface area contributed by atoms with Crippen LogP contribution in [0.1, 0.15) is 11.3 Å². The minimum absolute atomic E-state index is 0.215. The van der Waals surface area contributed by atoms with E-state index in [0.717, 1.165) is 13.0 Å². The van der Waals surface area contributed by atoms with Gasteiger partial charge in [0.1, 0.15) is 6.61 Å². The van der Waals surface area contributed by atoms with Gasteiger partial charge < -0.3 is 15.0 Å². The molecule has 1 aliphatic rings. The third-order valence-electron chi connectivity index (χ3n) is 3.29. The topological polar surface area (TPSA) is 54.1 Å². The Labute approximate surface area is 99.0 Å². The lowest BCUT2D eigenvalue weighted by Gasteiger charge is -2.23. The Morgan fingerprint density at radius 3 is 3.18 bits per heavy atom. The van der Waals surface area contributed by atoms with Crippen molar-refractivity contribution in [3.05, 3.63) is 35.5 Å². The summed E-state index contributed by atoms with van der Waals surface area (Å²) in [5.41, 5.74) is 3.77. The largest absolute Gasteiger partial charge is 0.466 e. The first-order valence-electron chi connectivity index (χ1n) is 5.75. The molecule has 88 valence electrons. The Kier molecular flexibility index (Phi) is 2.57. The minimum Gasteiger partial charge on any atom is -0.466 e. The lowest BCUT2D eigenvalue weighted by Crippen LogP contribution is -2.38. The van der Waals surface area contributed by atoms with Gasteiger partial charge in [0.05, 0.1) is 0 Å². The SMILES string of the molecule is O=COC[C@@H]1Cc2c([nH]c3ccccc23)CN1. The number of carbonyl (C=O) groups is 1. The molecule has 0 fully saturated rings. The zero-order chi connectivity index (χ0) is 11.7. The molecule has 0 bridgehead atoms. The Bertz CT molecular complexity index is 547. The summed E-state index contributed by atoms with van der Waals surface area (Å²) in [6, 6.07) is 8.52. The first kappa shape index (κ1) is 10.4. The molecule has 1 atom stereocenters. The van der Waals surface area contributed by atoms with Crippen LogP contribution in [0.15, 0.2) is 24.3 Å². The molecule has 4 nitrogen and oxygen atoms in total. The summed E-state index contributed by atoms with van der Waals surface area (Å²) in [4.78, 5) is 13.6. The van der Waals surface area contributed by atoms with Gasteiger partial charge in [-0.1, -0.05) is 18.2 Å². The molecule has 2 aromatic rings. The third-order valence-corrected chi connectivity index (χ3v) is 3.29. The average molecular weight is 230 g/mol. The van der Waals surface area contributed by atoms with E-state index in [1.54, 1.807) is 0 Å². The molecule has 1 aliphatic heterocycles. The van der Waals surface area contributed by atoms with Crippen molar-refractivity contribution in [2.75, 3.05) is 6.61 Å². The van der Waals surface area contributed by atoms with Crippen LogP contribution in [0.25, 0.3) is 10.9 Å². The molecule has 1 aromatic heterocycles. The number of carbonyl (C=O) groups excluding carboxylic acids is 1. The number of ether oxygens (including phenoxy) is 1. The maximum Gasteiger partial charge on any atom is 0.293 e. The van der Waals surface area contributed by atoms with Crippen LogP contribution in [0.2, 0.25) is 0 Å². The zero-order valence-corrected chi connectivity index (χ0v) is 9.40. The molecule has 4 heteroatoms. The molecule has 0 amide bonds. The number of H-pyrrole nitrogens is 1. The number of benzene rings is 1. The van der Waals surface area contributed by atoms with E-state index in [9.17, 15) is 4.79 Å². The smallest absolute Gasteiger partial charge is 0.293 e. The third kappa shape index (κ3) is 1.80. The molecule has 2 N–H and O–H groups in total. The summed E-state index contributed by atoms with van der Waals surface area (Å²) >= 11 is 0. The van der Waals surface area contributed by atoms with E-state index in [2.05, 4.69) is 28.5 Å². The molecular weight excluding hydrogens is 216 g/mol. The van der Waals surface area contributed by atoms with Crippen LogP contribution in [-0.4, -0.2) is 24.1 Å². The van der Waals surface area contributed by atoms with Crippen LogP contribution in [0, 0.1) is 0 Å². The average Bonchev–Trinajstić information content (AvgIpc) is 2.74. The summed E-state index contributed by atoms with van der Waals surface area (Å²) in [5.74, 6) is 0. The maximum absolute atomic E-state index is 10.2. The number of fused-ring (bicyclic) bond motifs is 3. The highest BCUT2D eigenvalue weighted by molar-refractivity contribution is 5.84. The quantitative estimate of drug-likeness (QED) is 0.783. The number of rotatable bonds is 3. The molecule has 0 unspecified atom stereocenters. The van der Waals surface area contributed by atoms with Crippen LogP contribution in [0.5, 0.6) is 0 Å². The number of hydrogen-bond acceptors (Lipinski definition) is 3. The Hall–Kier alpha value is -1.81. The first-order valence-corrected chi connectivity index (χ1v) is 5.75. The van der Waals surface area contributed by atoms with Gasteiger partial charge in [0.15, 0.2) is 0 Å². The number of aromatic amines is 1. The van der Waals surface area contributed by atoms with E-state index < -0.39 is 0 Å². The van der Waals surface area contributed by atoms with Crippen molar-refractivity contribution in [3.8, 4) is 0 Å². The van der Waals surface area contributed by atoms with Crippen molar-refractivity contribution in [1.82, 2.24) is 10.3 Å². The van der Waals surface area contributed by atoms with Crippen LogP contribution < -0.4 is 5.32 Å². The Morgan fingerprint density at radius 1 is 1.41 bits per heavy atom. The van der Waals surface area contributed by atoms with Crippen molar-refractivity contribution < 1.29 is 9.53 Å². The van der Waals surface area contributed by atoms with E-state index >= 15 is 0 Å². The molecule has 0 saturated carbocycles. The molecular formula is C13H14N2O2. The van der Waals surface area contributed by atoms with Crippen LogP contribution in [-0.2, 0) is 22.5 Å². The van der Waals surface area contributed by atoms with E-state index in [-0.39, 0.29) is 6.04 Å². The summed E-state index contributed by atoms with van der Waals surface area (Å²) in [5, 5.41) is 4.63. The predicted octanol–water partition coefficient (Wildman–Crippen LogP) is 1.36. The number of para-hydroxylation sites is 1. The van der Waals surface area contributed by atoms with Gasteiger partial charge in [-0.25, -0.2) is 0 Å². The summed E-state index contributed by atoms with van der Waals surface area (Å²) < 4.78 is 4.82. The summed E-state index contributed by atoms with van der Waals surface area (Å²) in [6.07, 6.45) is 0.896. The van der Waals surface area contributed by atoms with Gasteiger partial charge in [-0.05, 0) is 18.1 Å². The monoisotopic (exact) mass is 230 g/mol. The summed E-state index contributed by atoms with van der Waals surface area (Å²) in [6.45, 7) is 1.74. The fourth-order valence-electron chi connectivity index (χ4n) is 2.48. The van der Waals surface area contributed by atoms with Crippen molar-refractivity contribution >= 4 is 17.4 Å². The second-order valence-electron chi connectivity index (χ2n) is 4.34. The summed E-state index contributed by atoms with van der Waals surface area (Å²) in [7, 11) is 0. The second-order valence-corrected chi connectivity index (χ2v) is 4.34. The fraction of sp³-hybridized carbons (Fsp3) is 0.308. The molecule has 0 saturated heterocycles. The van der Waals surface area contributed by atoms with Crippen LogP contribution in [0.3, 0.4) is 0 Å². The van der Waals surface area contributed by atoms with Crippen molar-refractivity contribution in [3.63, 3.8) is 0 Å². The molecule has 2 heterocycles. The van der Waals surface area contributed by atoms with Gasteiger partial charge in [-0.15, -0.1) is 0 Å². The van der Waals surface area contributed by atoms with Gasteiger partial charge >= 0.3 is 0 Å². The number of aromatic nitrogens is 1. The van der Waals surface area contributed by atoms with Crippen LogP contribution in [0.4, 0.5) is 0 Å². The predicted molar refractivity (Wildman–Crippen MR) is 64.6 cm³/mol. The van der Waals surface area contributed by atoms with Crippen LogP contribution >= 0.6 is 0 Å². The lowest BCUT2D eigenvalue weighted by atomic mass is 9.99. The van der Waals surface area contributed by atoms with Crippen molar-refractivity contribution in [2.24, 2.45) is 0 Å². The van der Waals surface area contributed by atoms with Gasteiger partial charge in [0, 0.05) is 29.2 Å². The van der Waals surface area contributed by atoms with Gasteiger partial charge in [0.25, 0.3) is 6.47 Å². The Morgan fingerprint density at radius 2 is 2.29 bits per heavy atom. The fourth-order valence-corrected chi connectivity index (χ4v) is 2.48. The van der Waals surface area contributed by atoms with Gasteiger partial charge in [-0.2, -0.15) is 0 Å².